The number of morpholine rings is 1. The molecule has 2 saturated carbocycles. The van der Waals surface area contributed by atoms with Gasteiger partial charge in [-0.25, -0.2) is 4.39 Å². The smallest absolute Gasteiger partial charge is 0.366 e. The maximum atomic E-state index is 14.9. The molecule has 9 atom stereocenters. The molecule has 2 aliphatic carbocycles. The minimum atomic E-state index is -6.21. The molecule has 4 rings (SSSR count). The first-order valence-corrected chi connectivity index (χ1v) is 13.7. The summed E-state index contributed by atoms with van der Waals surface area (Å²) >= 11 is 0. The molecule has 16 heteroatoms. The number of rotatable bonds is 7. The van der Waals surface area contributed by atoms with E-state index in [-0.39, 0.29) is 44.4 Å². The van der Waals surface area contributed by atoms with Crippen molar-refractivity contribution in [2.24, 2.45) is 29.1 Å². The molecule has 0 unspecified atom stereocenters. The number of hydrogen-bond donors (Lipinski definition) is 3. The molecule has 4 fully saturated rings. The molecule has 4 amide bonds. The molecule has 0 radical (unpaired) electrons. The number of amides is 4. The monoisotopic (exact) mass is 609 g/mol. The molecule has 2 saturated heterocycles. The number of alkyl halides is 6. The second kappa shape index (κ2) is 11.2. The molecule has 10 nitrogen and oxygen atoms in total. The van der Waals surface area contributed by atoms with Gasteiger partial charge in [0.15, 0.2) is 0 Å². The number of carbonyl (C=O) groups is 4. The SMILES string of the molecule is CC(C)(C)[C@H](NC(=O)C(F)(F)C(F)(F)F)C(=O)N1C[C@@H]2[C@H]3C[C@@H]([C@@H]2[C@H]1C(=O)N[C@H](C#N)C[C@@H]1OCCNC1=O)[C@H](F)C3. The van der Waals surface area contributed by atoms with Crippen LogP contribution in [0.4, 0.5) is 26.3 Å². The van der Waals surface area contributed by atoms with Crippen LogP contribution in [-0.2, 0) is 23.9 Å². The summed E-state index contributed by atoms with van der Waals surface area (Å²) in [4.78, 5) is 52.7. The lowest BCUT2D eigenvalue weighted by Crippen LogP contribution is -2.62. The Balaban J connectivity index is 1.61. The number of fused-ring (bicyclic) bond motifs is 5. The van der Waals surface area contributed by atoms with E-state index in [4.69, 9.17) is 4.74 Å². The zero-order valence-electron chi connectivity index (χ0n) is 23.1. The number of hydrogen-bond acceptors (Lipinski definition) is 6. The van der Waals surface area contributed by atoms with Gasteiger partial charge in [0.2, 0.25) is 17.7 Å². The molecule has 234 valence electrons. The molecule has 0 spiro atoms. The van der Waals surface area contributed by atoms with Gasteiger partial charge in [-0.15, -0.1) is 0 Å². The molecule has 3 N–H and O–H groups in total. The summed E-state index contributed by atoms with van der Waals surface area (Å²) in [6, 6.07) is -2.70. The van der Waals surface area contributed by atoms with Gasteiger partial charge in [0.05, 0.1) is 12.7 Å². The van der Waals surface area contributed by atoms with Crippen molar-refractivity contribution in [2.75, 3.05) is 19.7 Å². The fourth-order valence-corrected chi connectivity index (χ4v) is 6.79. The van der Waals surface area contributed by atoms with Crippen molar-refractivity contribution in [2.45, 2.75) is 82.5 Å². The van der Waals surface area contributed by atoms with E-state index in [0.29, 0.717) is 6.42 Å². The topological polar surface area (TPSA) is 141 Å². The fourth-order valence-electron chi connectivity index (χ4n) is 6.79. The Kier molecular flexibility index (Phi) is 8.49. The zero-order chi connectivity index (χ0) is 31.4. The van der Waals surface area contributed by atoms with Crippen molar-refractivity contribution in [3.05, 3.63) is 0 Å². The van der Waals surface area contributed by atoms with Crippen molar-refractivity contribution in [1.29, 1.82) is 5.26 Å². The van der Waals surface area contributed by atoms with Crippen LogP contribution in [-0.4, -0.2) is 90.7 Å². The minimum Gasteiger partial charge on any atom is -0.366 e. The summed E-state index contributed by atoms with van der Waals surface area (Å²) in [5.74, 6) is -12.8. The standard InChI is InChI=1S/C26H33F6N5O5/c1-24(2,3)19(36-23(41)25(28,29)26(30,31)32)22(40)37-10-14-11-6-13(15(27)7-11)17(14)18(37)21(39)35-12(9-33)8-16-20(38)34-4-5-42-16/h11-19H,4-8,10H2,1-3H3,(H,34,38)(H,35,39)(H,36,41)/t11-,12-,13+,14+,15+,16-,17-,18-,19+/m0/s1. The molecule has 2 aliphatic heterocycles. The third-order valence-electron chi connectivity index (χ3n) is 8.79. The Morgan fingerprint density at radius 3 is 2.36 bits per heavy atom. The number of halogens is 6. The van der Waals surface area contributed by atoms with E-state index in [0.717, 1.165) is 4.90 Å². The second-order valence-corrected chi connectivity index (χ2v) is 12.5. The zero-order valence-corrected chi connectivity index (χ0v) is 23.1. The first-order valence-electron chi connectivity index (χ1n) is 13.7. The molecular formula is C26H33F6N5O5. The van der Waals surface area contributed by atoms with Crippen molar-refractivity contribution in [1.82, 2.24) is 20.9 Å². The van der Waals surface area contributed by atoms with Crippen LogP contribution in [0.1, 0.15) is 40.0 Å². The molecule has 0 aromatic carbocycles. The number of nitriles is 1. The molecular weight excluding hydrogens is 576 g/mol. The van der Waals surface area contributed by atoms with Crippen molar-refractivity contribution < 1.29 is 50.3 Å². The number of ether oxygens (including phenoxy) is 1. The van der Waals surface area contributed by atoms with Crippen LogP contribution in [0.3, 0.4) is 0 Å². The Bertz CT molecular complexity index is 1150. The summed E-state index contributed by atoms with van der Waals surface area (Å²) in [6.07, 6.45) is -8.09. The summed E-state index contributed by atoms with van der Waals surface area (Å²) in [6.45, 7) is 4.38. The highest BCUT2D eigenvalue weighted by atomic mass is 19.4. The van der Waals surface area contributed by atoms with Gasteiger partial charge in [0.25, 0.3) is 0 Å². The van der Waals surface area contributed by atoms with Gasteiger partial charge in [0, 0.05) is 19.5 Å². The highest BCUT2D eigenvalue weighted by molar-refractivity contribution is 5.95. The van der Waals surface area contributed by atoms with E-state index in [2.05, 4.69) is 10.6 Å². The first-order chi connectivity index (χ1) is 19.4. The first kappa shape index (κ1) is 31.8. The van der Waals surface area contributed by atoms with Gasteiger partial charge in [-0.2, -0.15) is 27.2 Å². The summed E-state index contributed by atoms with van der Waals surface area (Å²) < 4.78 is 86.5. The number of carbonyl (C=O) groups excluding carboxylic acids is 4. The van der Waals surface area contributed by atoms with Crippen molar-refractivity contribution in [3.8, 4) is 6.07 Å². The predicted molar refractivity (Wildman–Crippen MR) is 131 cm³/mol. The Morgan fingerprint density at radius 2 is 1.79 bits per heavy atom. The third kappa shape index (κ3) is 5.76. The minimum absolute atomic E-state index is 0.112. The normalized spacial score (nSPS) is 32.4. The lowest BCUT2D eigenvalue weighted by atomic mass is 9.77. The maximum absolute atomic E-state index is 14.9. The fraction of sp³-hybridized carbons (Fsp3) is 0.808. The van der Waals surface area contributed by atoms with Crippen LogP contribution in [0.2, 0.25) is 0 Å². The van der Waals surface area contributed by atoms with Gasteiger partial charge < -0.3 is 25.6 Å². The summed E-state index contributed by atoms with van der Waals surface area (Å²) in [5, 5.41) is 16.3. The summed E-state index contributed by atoms with van der Waals surface area (Å²) in [7, 11) is 0. The average molecular weight is 610 g/mol. The largest absolute Gasteiger partial charge is 0.463 e. The Labute approximate surface area is 237 Å². The van der Waals surface area contributed by atoms with E-state index < -0.39 is 83.4 Å². The Morgan fingerprint density at radius 1 is 1.12 bits per heavy atom. The van der Waals surface area contributed by atoms with E-state index >= 15 is 0 Å². The van der Waals surface area contributed by atoms with Crippen LogP contribution in [0.15, 0.2) is 0 Å². The van der Waals surface area contributed by atoms with Crippen LogP contribution in [0, 0.1) is 40.4 Å². The molecule has 2 bridgehead atoms. The van der Waals surface area contributed by atoms with Gasteiger partial charge in [-0.05, 0) is 41.9 Å². The van der Waals surface area contributed by atoms with Crippen LogP contribution >= 0.6 is 0 Å². The third-order valence-corrected chi connectivity index (χ3v) is 8.79. The number of nitrogens with zero attached hydrogens (tertiary/aromatic N) is 2. The molecule has 0 aromatic rings. The van der Waals surface area contributed by atoms with Gasteiger partial charge in [-0.3, -0.25) is 19.2 Å². The average Bonchev–Trinajstić information content (AvgIpc) is 3.56. The molecule has 4 aliphatic rings. The quantitative estimate of drug-likeness (QED) is 0.374. The lowest BCUT2D eigenvalue weighted by molar-refractivity contribution is -0.270. The highest BCUT2D eigenvalue weighted by Crippen LogP contribution is 2.58. The summed E-state index contributed by atoms with van der Waals surface area (Å²) in [5.41, 5.74) is -1.38. The number of likely N-dealkylation sites (tertiary alicyclic amines) is 1. The van der Waals surface area contributed by atoms with Gasteiger partial charge in [0.1, 0.15) is 30.4 Å². The highest BCUT2D eigenvalue weighted by Gasteiger charge is 2.66. The van der Waals surface area contributed by atoms with E-state index in [9.17, 15) is 50.8 Å². The Hall–Kier alpha value is -3.09. The van der Waals surface area contributed by atoms with Crippen LogP contribution in [0.5, 0.6) is 0 Å². The number of nitrogens with one attached hydrogen (secondary N) is 3. The maximum Gasteiger partial charge on any atom is 0.463 e. The van der Waals surface area contributed by atoms with E-state index in [1.165, 1.54) is 20.8 Å². The molecule has 2 heterocycles. The van der Waals surface area contributed by atoms with Gasteiger partial charge in [-0.1, -0.05) is 20.8 Å². The predicted octanol–water partition coefficient (Wildman–Crippen LogP) is 1.45. The van der Waals surface area contributed by atoms with E-state index in [1.807, 2.05) is 6.07 Å². The molecule has 42 heavy (non-hydrogen) atoms. The van der Waals surface area contributed by atoms with Crippen molar-refractivity contribution in [3.63, 3.8) is 0 Å². The van der Waals surface area contributed by atoms with Crippen LogP contribution in [0.25, 0.3) is 0 Å². The van der Waals surface area contributed by atoms with Crippen LogP contribution < -0.4 is 16.0 Å². The van der Waals surface area contributed by atoms with E-state index in [1.54, 1.807) is 5.32 Å². The van der Waals surface area contributed by atoms with Crippen molar-refractivity contribution >= 4 is 23.6 Å². The molecule has 0 aromatic heterocycles. The van der Waals surface area contributed by atoms with Gasteiger partial charge >= 0.3 is 18.0 Å². The lowest BCUT2D eigenvalue weighted by Gasteiger charge is -2.37. The second-order valence-electron chi connectivity index (χ2n) is 12.5.